The number of para-hydroxylation sites is 1. The SMILES string of the molecule is c1ccc(-c2nc(-c3ccc4c(c3)c3ccccc3c3cc5c(cc43)oc3ccccc35)nc3ccc4ccccc4c23)cc1. The highest BCUT2D eigenvalue weighted by Gasteiger charge is 2.17. The van der Waals surface area contributed by atoms with Gasteiger partial charge in [-0.05, 0) is 73.4 Å². The van der Waals surface area contributed by atoms with Gasteiger partial charge in [-0.15, -0.1) is 0 Å². The Hall–Kier alpha value is -6.06. The average molecular weight is 573 g/mol. The van der Waals surface area contributed by atoms with E-state index in [1.54, 1.807) is 0 Å². The number of benzene rings is 8. The molecule has 0 aliphatic carbocycles. The van der Waals surface area contributed by atoms with E-state index in [1.807, 2.05) is 18.2 Å². The maximum atomic E-state index is 6.32. The zero-order valence-corrected chi connectivity index (χ0v) is 24.2. The van der Waals surface area contributed by atoms with Gasteiger partial charge < -0.3 is 4.42 Å². The summed E-state index contributed by atoms with van der Waals surface area (Å²) in [6, 6.07) is 51.3. The third-order valence-corrected chi connectivity index (χ3v) is 9.23. The second-order valence-corrected chi connectivity index (χ2v) is 11.7. The van der Waals surface area contributed by atoms with Crippen LogP contribution < -0.4 is 0 Å². The van der Waals surface area contributed by atoms with Gasteiger partial charge in [-0.3, -0.25) is 0 Å². The molecule has 0 saturated carbocycles. The quantitative estimate of drug-likeness (QED) is 0.193. The third-order valence-electron chi connectivity index (χ3n) is 9.23. The Kier molecular flexibility index (Phi) is 5.00. The number of rotatable bonds is 2. The summed E-state index contributed by atoms with van der Waals surface area (Å²) >= 11 is 0. The minimum atomic E-state index is 0.718. The molecule has 8 aromatic carbocycles. The zero-order valence-electron chi connectivity index (χ0n) is 24.2. The first-order valence-corrected chi connectivity index (χ1v) is 15.2. The van der Waals surface area contributed by atoms with Crippen LogP contribution in [-0.2, 0) is 0 Å². The molecule has 0 spiro atoms. The van der Waals surface area contributed by atoms with Crippen LogP contribution in [-0.4, -0.2) is 9.97 Å². The van der Waals surface area contributed by atoms with Crippen LogP contribution in [0.3, 0.4) is 0 Å². The summed E-state index contributed by atoms with van der Waals surface area (Å²) in [7, 11) is 0. The van der Waals surface area contributed by atoms with E-state index in [9.17, 15) is 0 Å². The molecule has 3 heteroatoms. The first-order valence-electron chi connectivity index (χ1n) is 15.2. The van der Waals surface area contributed by atoms with E-state index in [0.29, 0.717) is 0 Å². The highest BCUT2D eigenvalue weighted by Crippen LogP contribution is 2.41. The third kappa shape index (κ3) is 3.58. The van der Waals surface area contributed by atoms with Crippen molar-refractivity contribution in [1.29, 1.82) is 0 Å². The lowest BCUT2D eigenvalue weighted by Crippen LogP contribution is -1.96. The summed E-state index contributed by atoms with van der Waals surface area (Å²) in [6.07, 6.45) is 0. The number of nitrogens with zero attached hydrogens (tertiary/aromatic N) is 2. The van der Waals surface area contributed by atoms with E-state index in [4.69, 9.17) is 14.4 Å². The molecule has 0 radical (unpaired) electrons. The molecule has 3 nitrogen and oxygen atoms in total. The van der Waals surface area contributed by atoms with Crippen LogP contribution in [0.4, 0.5) is 0 Å². The molecular weight excluding hydrogens is 548 g/mol. The molecule has 0 atom stereocenters. The van der Waals surface area contributed by atoms with Gasteiger partial charge in [-0.1, -0.05) is 115 Å². The van der Waals surface area contributed by atoms with E-state index in [2.05, 4.69) is 127 Å². The molecule has 0 N–H and O–H groups in total. The minimum Gasteiger partial charge on any atom is -0.456 e. The van der Waals surface area contributed by atoms with E-state index in [-0.39, 0.29) is 0 Å². The molecular formula is C42H24N2O. The lowest BCUT2D eigenvalue weighted by atomic mass is 9.92. The molecule has 10 aromatic rings. The van der Waals surface area contributed by atoms with Crippen molar-refractivity contribution >= 4 is 75.9 Å². The smallest absolute Gasteiger partial charge is 0.160 e. The van der Waals surface area contributed by atoms with Gasteiger partial charge in [-0.2, -0.15) is 0 Å². The second-order valence-electron chi connectivity index (χ2n) is 11.7. The molecule has 208 valence electrons. The summed E-state index contributed by atoms with van der Waals surface area (Å²) < 4.78 is 6.32. The predicted octanol–water partition coefficient (Wildman–Crippen LogP) is 11.5. The molecule has 0 amide bonds. The van der Waals surface area contributed by atoms with Gasteiger partial charge in [0, 0.05) is 27.3 Å². The lowest BCUT2D eigenvalue weighted by molar-refractivity contribution is 0.669. The maximum Gasteiger partial charge on any atom is 0.160 e. The van der Waals surface area contributed by atoms with Crippen molar-refractivity contribution in [2.45, 2.75) is 0 Å². The fourth-order valence-electron chi connectivity index (χ4n) is 7.15. The highest BCUT2D eigenvalue weighted by atomic mass is 16.3. The van der Waals surface area contributed by atoms with Gasteiger partial charge >= 0.3 is 0 Å². The van der Waals surface area contributed by atoms with E-state index in [0.717, 1.165) is 60.9 Å². The molecule has 0 aliphatic heterocycles. The van der Waals surface area contributed by atoms with Gasteiger partial charge in [0.2, 0.25) is 0 Å². The van der Waals surface area contributed by atoms with Crippen LogP contribution >= 0.6 is 0 Å². The Morgan fingerprint density at radius 1 is 0.378 bits per heavy atom. The Balaban J connectivity index is 1.27. The van der Waals surface area contributed by atoms with Crippen LogP contribution in [0.2, 0.25) is 0 Å². The standard InChI is InChI=1S/C42H24N2O/c1-2-11-26(12-3-1)41-40-28-13-5-4-10-25(28)19-21-37(40)43-42(44-41)27-18-20-31-33(22-27)29-14-6-7-15-30(29)34-23-36-32-16-8-9-17-38(32)45-39(36)24-35(31)34/h1-24H. The first-order chi connectivity index (χ1) is 22.3. The molecule has 0 unspecified atom stereocenters. The van der Waals surface area contributed by atoms with Crippen LogP contribution in [0.5, 0.6) is 0 Å². The summed E-state index contributed by atoms with van der Waals surface area (Å²) in [6.45, 7) is 0. The average Bonchev–Trinajstić information content (AvgIpc) is 3.48. The molecule has 2 aromatic heterocycles. The van der Waals surface area contributed by atoms with Crippen molar-refractivity contribution in [1.82, 2.24) is 9.97 Å². The van der Waals surface area contributed by atoms with Crippen LogP contribution in [0.1, 0.15) is 0 Å². The van der Waals surface area contributed by atoms with Crippen molar-refractivity contribution in [3.8, 4) is 22.6 Å². The number of furan rings is 1. The zero-order chi connectivity index (χ0) is 29.5. The van der Waals surface area contributed by atoms with Gasteiger partial charge in [0.25, 0.3) is 0 Å². The topological polar surface area (TPSA) is 38.9 Å². The minimum absolute atomic E-state index is 0.718. The molecule has 0 saturated heterocycles. The number of aromatic nitrogens is 2. The van der Waals surface area contributed by atoms with Crippen molar-refractivity contribution in [3.05, 3.63) is 146 Å². The second kappa shape index (κ2) is 9.22. The summed E-state index contributed by atoms with van der Waals surface area (Å²) in [4.78, 5) is 10.4. The van der Waals surface area contributed by atoms with E-state index < -0.39 is 0 Å². The monoisotopic (exact) mass is 572 g/mol. The molecule has 0 fully saturated rings. The lowest BCUT2D eigenvalue weighted by Gasteiger charge is -2.14. The number of fused-ring (bicyclic) bond motifs is 12. The van der Waals surface area contributed by atoms with E-state index in [1.165, 1.54) is 37.7 Å². The fourth-order valence-corrected chi connectivity index (χ4v) is 7.15. The Bertz CT molecular complexity index is 2810. The van der Waals surface area contributed by atoms with Gasteiger partial charge in [0.1, 0.15) is 11.2 Å². The number of hydrogen-bond acceptors (Lipinski definition) is 3. The molecule has 10 rings (SSSR count). The largest absolute Gasteiger partial charge is 0.456 e. The van der Waals surface area contributed by atoms with Gasteiger partial charge in [0.05, 0.1) is 11.2 Å². The first kappa shape index (κ1) is 24.4. The Labute approximate surface area is 258 Å². The number of hydrogen-bond donors (Lipinski definition) is 0. The normalized spacial score (nSPS) is 12.0. The van der Waals surface area contributed by atoms with Gasteiger partial charge in [0.15, 0.2) is 5.82 Å². The molecule has 0 bridgehead atoms. The molecule has 45 heavy (non-hydrogen) atoms. The molecule has 2 heterocycles. The Morgan fingerprint density at radius 3 is 1.89 bits per heavy atom. The van der Waals surface area contributed by atoms with Crippen molar-refractivity contribution in [2.75, 3.05) is 0 Å². The van der Waals surface area contributed by atoms with Crippen LogP contribution in [0.15, 0.2) is 150 Å². The van der Waals surface area contributed by atoms with Crippen molar-refractivity contribution < 1.29 is 4.42 Å². The summed E-state index contributed by atoms with van der Waals surface area (Å²) in [5.74, 6) is 0.718. The highest BCUT2D eigenvalue weighted by molar-refractivity contribution is 6.28. The predicted molar refractivity (Wildman–Crippen MR) is 188 cm³/mol. The van der Waals surface area contributed by atoms with E-state index >= 15 is 0 Å². The van der Waals surface area contributed by atoms with Crippen LogP contribution in [0.25, 0.3) is 98.6 Å². The van der Waals surface area contributed by atoms with Crippen LogP contribution in [0, 0.1) is 0 Å². The Morgan fingerprint density at radius 2 is 1.04 bits per heavy atom. The molecule has 0 aliphatic rings. The van der Waals surface area contributed by atoms with Crippen molar-refractivity contribution in [3.63, 3.8) is 0 Å². The maximum absolute atomic E-state index is 6.32. The summed E-state index contributed by atoms with van der Waals surface area (Å²) in [5.41, 5.74) is 5.77. The van der Waals surface area contributed by atoms with Gasteiger partial charge in [-0.25, -0.2) is 9.97 Å². The van der Waals surface area contributed by atoms with Crippen molar-refractivity contribution in [2.24, 2.45) is 0 Å². The fraction of sp³-hybridized carbons (Fsp3) is 0. The summed E-state index contributed by atoms with van der Waals surface area (Å²) in [5, 5.41) is 12.9.